The predicted octanol–water partition coefficient (Wildman–Crippen LogP) is 2.34. The van der Waals surface area contributed by atoms with E-state index in [4.69, 9.17) is 15.1 Å². The molecule has 1 aliphatic heterocycles. The summed E-state index contributed by atoms with van der Waals surface area (Å²) in [5.74, 6) is -1.14. The SMILES string of the molecule is [2H]C([2H])([2H])N1C([2H])([2H])C([2H])([2H])N(c2ccc(Br)cc2F)C([2H])([2H])C1([2H])[2H]. The highest BCUT2D eigenvalue weighted by molar-refractivity contribution is 9.10. The molecule has 1 saturated heterocycles. The maximum atomic E-state index is 14.4. The molecule has 0 bridgehead atoms. The van der Waals surface area contributed by atoms with Crippen LogP contribution < -0.4 is 4.90 Å². The molecule has 1 fully saturated rings. The summed E-state index contributed by atoms with van der Waals surface area (Å²) in [6, 6.07) is 3.07. The summed E-state index contributed by atoms with van der Waals surface area (Å²) in [5, 5.41) is 0. The predicted molar refractivity (Wildman–Crippen MR) is 63.8 cm³/mol. The van der Waals surface area contributed by atoms with Gasteiger partial charge in [-0.05, 0) is 25.2 Å². The summed E-state index contributed by atoms with van der Waals surface area (Å²) in [4.78, 5) is -0.482. The summed E-state index contributed by atoms with van der Waals surface area (Å²) in [6.07, 6.45) is 0. The first kappa shape index (κ1) is 3.70. The number of halogens is 2. The first-order valence-corrected chi connectivity index (χ1v) is 4.75. The number of nitrogens with zero attached hydrogens (tertiary/aromatic N) is 2. The van der Waals surface area contributed by atoms with Crippen molar-refractivity contribution in [2.45, 2.75) is 0 Å². The fourth-order valence-corrected chi connectivity index (χ4v) is 1.37. The van der Waals surface area contributed by atoms with Crippen LogP contribution in [0.3, 0.4) is 0 Å². The van der Waals surface area contributed by atoms with Crippen LogP contribution >= 0.6 is 15.9 Å². The minimum atomic E-state index is -3.53. The molecule has 0 radical (unpaired) electrons. The van der Waals surface area contributed by atoms with E-state index in [2.05, 4.69) is 15.9 Å². The summed E-state index contributed by atoms with van der Waals surface area (Å²) in [5.41, 5.74) is -0.749. The van der Waals surface area contributed by atoms with Crippen LogP contribution in [-0.4, -0.2) is 37.9 Å². The number of anilines is 1. The Morgan fingerprint density at radius 3 is 2.73 bits per heavy atom. The summed E-state index contributed by atoms with van der Waals surface area (Å²) >= 11 is 2.98. The van der Waals surface area contributed by atoms with E-state index in [-0.39, 0.29) is 9.37 Å². The molecule has 2 nitrogen and oxygen atoms in total. The Kier molecular flexibility index (Phi) is 1.11. The summed E-state index contributed by atoms with van der Waals surface area (Å²) < 4.78 is 101. The average Bonchev–Trinajstić information content (AvgIpc) is 2.37. The molecular weight excluding hydrogens is 259 g/mol. The van der Waals surface area contributed by atoms with Gasteiger partial charge in [0.1, 0.15) is 5.82 Å². The van der Waals surface area contributed by atoms with Crippen LogP contribution in [0.25, 0.3) is 0 Å². The van der Waals surface area contributed by atoms with Crippen LogP contribution in [-0.2, 0) is 0 Å². The van der Waals surface area contributed by atoms with E-state index in [1.54, 1.807) is 0 Å². The molecule has 1 aromatic rings. The van der Waals surface area contributed by atoms with Crippen LogP contribution in [0, 0.1) is 5.82 Å². The first-order chi connectivity index (χ1) is 11.4. The van der Waals surface area contributed by atoms with Gasteiger partial charge in [-0.25, -0.2) is 4.39 Å². The molecule has 0 aromatic heterocycles. The van der Waals surface area contributed by atoms with E-state index < -0.39 is 49.4 Å². The quantitative estimate of drug-likeness (QED) is 0.781. The van der Waals surface area contributed by atoms with Gasteiger partial charge in [0, 0.05) is 40.1 Å². The van der Waals surface area contributed by atoms with Crippen molar-refractivity contribution >= 4 is 21.6 Å². The van der Waals surface area contributed by atoms with Gasteiger partial charge in [-0.3, -0.25) is 0 Å². The third-order valence-corrected chi connectivity index (χ3v) is 2.19. The molecule has 0 spiro atoms. The molecule has 4 heteroatoms. The maximum Gasteiger partial charge on any atom is 0.147 e. The lowest BCUT2D eigenvalue weighted by Crippen LogP contribution is -2.44. The van der Waals surface area contributed by atoms with Crippen LogP contribution in [0.1, 0.15) is 15.1 Å². The standard InChI is InChI=1S/C11H14BrFN2/c1-14-4-6-15(7-5-14)11-3-2-9(12)8-10(11)13/h2-3,8H,4-7H2,1H3/i1D3,4D2,5D2,6D2,7D2. The lowest BCUT2D eigenvalue weighted by molar-refractivity contribution is 0.311. The monoisotopic (exact) mass is 283 g/mol. The molecule has 0 saturated carbocycles. The van der Waals surface area contributed by atoms with Crippen molar-refractivity contribution < 1.29 is 19.5 Å². The van der Waals surface area contributed by atoms with Crippen molar-refractivity contribution in [3.63, 3.8) is 0 Å². The largest absolute Gasteiger partial charge is 0.367 e. The second-order valence-corrected chi connectivity index (χ2v) is 3.63. The van der Waals surface area contributed by atoms with E-state index in [0.717, 1.165) is 12.1 Å². The molecule has 0 N–H and O–H groups in total. The molecule has 2 rings (SSSR count). The Morgan fingerprint density at radius 1 is 1.40 bits per heavy atom. The minimum absolute atomic E-state index is 0.0238. The molecule has 1 heterocycles. The normalized spacial score (nSPS) is 43.3. The zero-order chi connectivity index (χ0) is 20.5. The van der Waals surface area contributed by atoms with Gasteiger partial charge in [-0.1, -0.05) is 15.9 Å². The fourth-order valence-electron chi connectivity index (χ4n) is 1.04. The molecule has 82 valence electrons. The lowest BCUT2D eigenvalue weighted by Gasteiger charge is -2.34. The average molecular weight is 284 g/mol. The Morgan fingerprint density at radius 2 is 2.13 bits per heavy atom. The van der Waals surface area contributed by atoms with Crippen molar-refractivity contribution in [2.24, 2.45) is 0 Å². The Bertz CT molecular complexity index is 693. The second-order valence-electron chi connectivity index (χ2n) is 2.71. The fraction of sp³-hybridized carbons (Fsp3) is 0.455. The molecule has 0 amide bonds. The zero-order valence-corrected chi connectivity index (χ0v) is 8.97. The smallest absolute Gasteiger partial charge is 0.147 e. The van der Waals surface area contributed by atoms with Crippen LogP contribution in [0.5, 0.6) is 0 Å². The third-order valence-electron chi connectivity index (χ3n) is 1.70. The van der Waals surface area contributed by atoms with Gasteiger partial charge in [0.15, 0.2) is 0 Å². The van der Waals surface area contributed by atoms with E-state index in [1.165, 1.54) is 6.07 Å². The van der Waals surface area contributed by atoms with E-state index in [9.17, 15) is 4.39 Å². The first-order valence-electron chi connectivity index (χ1n) is 9.46. The highest BCUT2D eigenvalue weighted by Gasteiger charge is 2.16. The Labute approximate surface area is 113 Å². The van der Waals surface area contributed by atoms with Crippen LogP contribution in [0.15, 0.2) is 22.7 Å². The van der Waals surface area contributed by atoms with Crippen LogP contribution in [0.2, 0.25) is 0 Å². The highest BCUT2D eigenvalue weighted by atomic mass is 79.9. The third kappa shape index (κ3) is 2.49. The lowest BCUT2D eigenvalue weighted by atomic mass is 10.2. The van der Waals surface area contributed by atoms with Gasteiger partial charge >= 0.3 is 0 Å². The Hall–Kier alpha value is -0.610. The van der Waals surface area contributed by atoms with Crippen molar-refractivity contribution in [2.75, 3.05) is 37.9 Å². The molecule has 0 aliphatic carbocycles. The van der Waals surface area contributed by atoms with Gasteiger partial charge in [0.2, 0.25) is 0 Å². The van der Waals surface area contributed by atoms with Gasteiger partial charge in [0.05, 0.1) is 11.2 Å². The van der Waals surface area contributed by atoms with Crippen molar-refractivity contribution in [1.82, 2.24) is 4.90 Å². The summed E-state index contributed by atoms with van der Waals surface area (Å²) in [6.45, 7) is -17.5. The molecule has 1 aliphatic rings. The van der Waals surface area contributed by atoms with E-state index in [1.807, 2.05) is 0 Å². The molecule has 0 unspecified atom stereocenters. The van der Waals surface area contributed by atoms with E-state index >= 15 is 0 Å². The van der Waals surface area contributed by atoms with Crippen molar-refractivity contribution in [1.29, 1.82) is 0 Å². The number of benzene rings is 1. The Balaban J connectivity index is 2.83. The van der Waals surface area contributed by atoms with Crippen LogP contribution in [0.4, 0.5) is 10.1 Å². The summed E-state index contributed by atoms with van der Waals surface area (Å²) in [7, 11) is 0. The second kappa shape index (κ2) is 4.49. The van der Waals surface area contributed by atoms with Gasteiger partial charge in [-0.15, -0.1) is 0 Å². The number of piperazine rings is 1. The van der Waals surface area contributed by atoms with Crippen molar-refractivity contribution in [3.8, 4) is 0 Å². The molecule has 15 heavy (non-hydrogen) atoms. The number of likely N-dealkylation sites (N-methyl/N-ethyl adjacent to an activating group) is 1. The highest BCUT2D eigenvalue weighted by Crippen LogP contribution is 2.23. The van der Waals surface area contributed by atoms with Gasteiger partial charge in [0.25, 0.3) is 0 Å². The number of hydrogen-bond acceptors (Lipinski definition) is 2. The molecule has 1 aromatic carbocycles. The van der Waals surface area contributed by atoms with Gasteiger partial charge in [-0.2, -0.15) is 0 Å². The van der Waals surface area contributed by atoms with Crippen molar-refractivity contribution in [3.05, 3.63) is 28.5 Å². The number of hydrogen-bond donors (Lipinski definition) is 0. The number of rotatable bonds is 1. The topological polar surface area (TPSA) is 6.48 Å². The molecular formula is C11H14BrFN2. The maximum absolute atomic E-state index is 14.4. The van der Waals surface area contributed by atoms with E-state index in [0.29, 0.717) is 0 Å². The minimum Gasteiger partial charge on any atom is -0.367 e. The van der Waals surface area contributed by atoms with Gasteiger partial charge < -0.3 is 9.80 Å². The zero-order valence-electron chi connectivity index (χ0n) is 18.4. The molecule has 0 atom stereocenters.